The number of rotatable bonds is 4. The molecule has 168 valence electrons. The smallest absolute Gasteiger partial charge is 0.294 e. The third kappa shape index (κ3) is 4.05. The number of aromatic hydroxyl groups is 1. The minimum Gasteiger partial charge on any atom is -0.504 e. The zero-order valence-corrected chi connectivity index (χ0v) is 17.8. The highest BCUT2D eigenvalue weighted by molar-refractivity contribution is 6.01. The number of amides is 3. The van der Waals surface area contributed by atoms with Gasteiger partial charge in [0.05, 0.1) is 17.8 Å². The van der Waals surface area contributed by atoms with Crippen molar-refractivity contribution < 1.29 is 19.5 Å². The minimum absolute atomic E-state index is 0.0622. The van der Waals surface area contributed by atoms with Gasteiger partial charge in [-0.2, -0.15) is 5.10 Å². The molecule has 0 saturated carbocycles. The maximum Gasteiger partial charge on any atom is 0.294 e. The summed E-state index contributed by atoms with van der Waals surface area (Å²) in [6, 6.07) is 15.0. The normalized spacial score (nSPS) is 17.2. The number of anilines is 1. The van der Waals surface area contributed by atoms with Gasteiger partial charge in [0.2, 0.25) is 11.8 Å². The third-order valence-corrected chi connectivity index (χ3v) is 6.12. The fraction of sp³-hybridized carbons (Fsp3) is 0.250. The van der Waals surface area contributed by atoms with E-state index in [0.29, 0.717) is 5.69 Å². The van der Waals surface area contributed by atoms with Crippen molar-refractivity contribution in [2.45, 2.75) is 25.7 Å². The Bertz CT molecular complexity index is 1240. The Morgan fingerprint density at radius 1 is 1.00 bits per heavy atom. The van der Waals surface area contributed by atoms with Crippen molar-refractivity contribution in [2.24, 2.45) is 5.92 Å². The molecule has 9 nitrogen and oxygen atoms in total. The molecule has 1 aliphatic carbocycles. The number of fused-ring (bicyclic) bond motifs is 1. The molecule has 3 N–H and O–H groups in total. The van der Waals surface area contributed by atoms with E-state index in [1.165, 1.54) is 22.0 Å². The molecule has 1 aliphatic heterocycles. The van der Waals surface area contributed by atoms with Gasteiger partial charge in [0.25, 0.3) is 5.91 Å². The maximum atomic E-state index is 12.6. The van der Waals surface area contributed by atoms with Crippen LogP contribution in [0.5, 0.6) is 5.75 Å². The third-order valence-electron chi connectivity index (χ3n) is 6.12. The molecule has 1 aromatic heterocycles. The van der Waals surface area contributed by atoms with E-state index in [1.54, 1.807) is 17.0 Å². The first kappa shape index (κ1) is 20.7. The monoisotopic (exact) mass is 445 g/mol. The summed E-state index contributed by atoms with van der Waals surface area (Å²) in [5, 5.41) is 14.2. The van der Waals surface area contributed by atoms with Crippen LogP contribution in [-0.4, -0.2) is 39.2 Å². The van der Waals surface area contributed by atoms with E-state index in [-0.39, 0.29) is 30.3 Å². The molecule has 5 rings (SSSR count). The SMILES string of the molecule is O=C(NNC(=O)C1CC(=O)N(c2ccc3c(c2)CCC3)C1)c1nn(-c2ccccc2)cc1O. The van der Waals surface area contributed by atoms with E-state index in [4.69, 9.17) is 0 Å². The standard InChI is InChI=1S/C24H23N5O4/c30-20-14-29(18-7-2-1-3-8-18)27-22(20)24(33)26-25-23(32)17-12-21(31)28(13-17)19-10-9-15-5-4-6-16(15)11-19/h1-3,7-11,14,17,30H,4-6,12-13H2,(H,25,32)(H,26,33). The second-order valence-electron chi connectivity index (χ2n) is 8.30. The predicted molar refractivity (Wildman–Crippen MR) is 120 cm³/mol. The molecule has 9 heteroatoms. The van der Waals surface area contributed by atoms with Gasteiger partial charge >= 0.3 is 0 Å². The fourth-order valence-corrected chi connectivity index (χ4v) is 4.38. The van der Waals surface area contributed by atoms with Gasteiger partial charge in [-0.3, -0.25) is 25.2 Å². The zero-order chi connectivity index (χ0) is 22.9. The second-order valence-corrected chi connectivity index (χ2v) is 8.30. The largest absolute Gasteiger partial charge is 0.504 e. The lowest BCUT2D eigenvalue weighted by molar-refractivity contribution is -0.126. The molecule has 1 saturated heterocycles. The van der Waals surface area contributed by atoms with Crippen LogP contribution in [0.15, 0.2) is 54.7 Å². The van der Waals surface area contributed by atoms with Crippen LogP contribution >= 0.6 is 0 Å². The summed E-state index contributed by atoms with van der Waals surface area (Å²) in [7, 11) is 0. The van der Waals surface area contributed by atoms with Crippen LogP contribution < -0.4 is 15.8 Å². The van der Waals surface area contributed by atoms with Crippen LogP contribution in [0.4, 0.5) is 5.69 Å². The van der Waals surface area contributed by atoms with Gasteiger partial charge < -0.3 is 10.0 Å². The van der Waals surface area contributed by atoms with E-state index < -0.39 is 17.7 Å². The average molecular weight is 445 g/mol. The highest BCUT2D eigenvalue weighted by Gasteiger charge is 2.35. The highest BCUT2D eigenvalue weighted by atomic mass is 16.3. The number of aryl methyl sites for hydroxylation is 2. The predicted octanol–water partition coefficient (Wildman–Crippen LogP) is 1.88. The van der Waals surface area contributed by atoms with Gasteiger partial charge in [-0.25, -0.2) is 4.68 Å². The van der Waals surface area contributed by atoms with Crippen molar-refractivity contribution in [3.05, 3.63) is 71.5 Å². The molecule has 3 aromatic rings. The minimum atomic E-state index is -0.754. The number of nitrogens with one attached hydrogen (secondary N) is 2. The van der Waals surface area contributed by atoms with Crippen LogP contribution in [0.2, 0.25) is 0 Å². The molecular weight excluding hydrogens is 422 g/mol. The quantitative estimate of drug-likeness (QED) is 0.530. The Morgan fingerprint density at radius 3 is 2.61 bits per heavy atom. The van der Waals surface area contributed by atoms with Gasteiger partial charge in [0.15, 0.2) is 11.4 Å². The number of carbonyl (C=O) groups excluding carboxylic acids is 3. The van der Waals surface area contributed by atoms with Crippen LogP contribution in [0, 0.1) is 5.92 Å². The molecule has 3 amide bonds. The molecule has 0 radical (unpaired) electrons. The molecule has 33 heavy (non-hydrogen) atoms. The summed E-state index contributed by atoms with van der Waals surface area (Å²) in [4.78, 5) is 39.2. The lowest BCUT2D eigenvalue weighted by Crippen LogP contribution is -2.45. The topological polar surface area (TPSA) is 117 Å². The highest BCUT2D eigenvalue weighted by Crippen LogP contribution is 2.30. The van der Waals surface area contributed by atoms with E-state index in [2.05, 4.69) is 22.0 Å². The van der Waals surface area contributed by atoms with Crippen molar-refractivity contribution in [1.29, 1.82) is 0 Å². The molecule has 2 heterocycles. The molecule has 1 atom stereocenters. The van der Waals surface area contributed by atoms with Gasteiger partial charge in [-0.1, -0.05) is 24.3 Å². The molecule has 0 bridgehead atoms. The Kier molecular flexibility index (Phi) is 5.29. The summed E-state index contributed by atoms with van der Waals surface area (Å²) in [6.07, 6.45) is 4.57. The number of benzene rings is 2. The Morgan fingerprint density at radius 2 is 1.79 bits per heavy atom. The van der Waals surface area contributed by atoms with Crippen molar-refractivity contribution in [3.63, 3.8) is 0 Å². The first-order valence-corrected chi connectivity index (χ1v) is 10.9. The van der Waals surface area contributed by atoms with E-state index >= 15 is 0 Å². The van der Waals surface area contributed by atoms with Crippen LogP contribution in [0.3, 0.4) is 0 Å². The number of hydrogen-bond donors (Lipinski definition) is 3. The summed E-state index contributed by atoms with van der Waals surface area (Å²) >= 11 is 0. The van der Waals surface area contributed by atoms with Crippen molar-refractivity contribution >= 4 is 23.4 Å². The average Bonchev–Trinajstić information content (AvgIpc) is 3.55. The van der Waals surface area contributed by atoms with Gasteiger partial charge in [-0.05, 0) is 54.7 Å². The molecule has 2 aliphatic rings. The number of carbonyl (C=O) groups is 3. The summed E-state index contributed by atoms with van der Waals surface area (Å²) in [5.74, 6) is -2.26. The van der Waals surface area contributed by atoms with E-state index in [0.717, 1.165) is 24.9 Å². The molecule has 1 unspecified atom stereocenters. The first-order valence-electron chi connectivity index (χ1n) is 10.9. The van der Waals surface area contributed by atoms with Crippen molar-refractivity contribution in [2.75, 3.05) is 11.4 Å². The molecule has 2 aromatic carbocycles. The summed E-state index contributed by atoms with van der Waals surface area (Å²) in [6.45, 7) is 0.243. The van der Waals surface area contributed by atoms with Gasteiger partial charge in [-0.15, -0.1) is 0 Å². The van der Waals surface area contributed by atoms with Crippen LogP contribution in [0.1, 0.15) is 34.5 Å². The van der Waals surface area contributed by atoms with Crippen molar-refractivity contribution in [1.82, 2.24) is 20.6 Å². The van der Waals surface area contributed by atoms with Gasteiger partial charge in [0.1, 0.15) is 0 Å². The van der Waals surface area contributed by atoms with Crippen molar-refractivity contribution in [3.8, 4) is 11.4 Å². The number of hydrazine groups is 1. The van der Waals surface area contributed by atoms with Crippen LogP contribution in [-0.2, 0) is 22.4 Å². The van der Waals surface area contributed by atoms with Crippen LogP contribution in [0.25, 0.3) is 5.69 Å². The lowest BCUT2D eigenvalue weighted by atomic mass is 10.1. The Hall–Kier alpha value is -4.14. The Balaban J connectivity index is 1.21. The maximum absolute atomic E-state index is 12.6. The van der Waals surface area contributed by atoms with Gasteiger partial charge in [0, 0.05) is 18.7 Å². The summed E-state index contributed by atoms with van der Waals surface area (Å²) < 4.78 is 1.37. The number of para-hydroxylation sites is 1. The molecule has 0 spiro atoms. The summed E-state index contributed by atoms with van der Waals surface area (Å²) in [5.41, 5.74) is 8.47. The molecule has 1 fully saturated rings. The van der Waals surface area contributed by atoms with E-state index in [1.807, 2.05) is 30.3 Å². The Labute approximate surface area is 190 Å². The second kappa shape index (κ2) is 8.42. The number of aromatic nitrogens is 2. The van der Waals surface area contributed by atoms with E-state index in [9.17, 15) is 19.5 Å². The first-order chi connectivity index (χ1) is 16.0. The zero-order valence-electron chi connectivity index (χ0n) is 17.8. The number of hydrogen-bond acceptors (Lipinski definition) is 5. The lowest BCUT2D eigenvalue weighted by Gasteiger charge is -2.18. The fourth-order valence-electron chi connectivity index (χ4n) is 4.38. The molecular formula is C24H23N5O4. The number of nitrogens with zero attached hydrogens (tertiary/aromatic N) is 3.